The minimum absolute atomic E-state index is 0. The Morgan fingerprint density at radius 2 is 2.26 bits per heavy atom. The second-order valence-electron chi connectivity index (χ2n) is 7.00. The van der Waals surface area contributed by atoms with Crippen LogP contribution in [0.15, 0.2) is 36.7 Å². The fourth-order valence-corrected chi connectivity index (χ4v) is 3.69. The summed E-state index contributed by atoms with van der Waals surface area (Å²) < 4.78 is 1.92. The van der Waals surface area contributed by atoms with Crippen molar-refractivity contribution in [3.05, 3.63) is 53.5 Å². The van der Waals surface area contributed by atoms with E-state index in [0.717, 1.165) is 32.4 Å². The van der Waals surface area contributed by atoms with Gasteiger partial charge >= 0.3 is 0 Å². The summed E-state index contributed by atoms with van der Waals surface area (Å²) in [5.74, 6) is -0.108. The number of fused-ring (bicyclic) bond motifs is 1. The van der Waals surface area contributed by atoms with Gasteiger partial charge in [-0.05, 0) is 49.9 Å². The van der Waals surface area contributed by atoms with Crippen LogP contribution < -0.4 is 10.6 Å². The van der Waals surface area contributed by atoms with Crippen molar-refractivity contribution in [2.24, 2.45) is 0 Å². The van der Waals surface area contributed by atoms with E-state index in [1.54, 1.807) is 6.07 Å². The van der Waals surface area contributed by atoms with E-state index >= 15 is 0 Å². The fraction of sp³-hybridized carbons (Fsp3) is 0.400. The summed E-state index contributed by atoms with van der Waals surface area (Å²) in [6.45, 7) is 4.68. The lowest BCUT2D eigenvalue weighted by molar-refractivity contribution is 0.0948. The number of nitrogens with zero attached hydrogens (tertiary/aromatic N) is 2. The molecule has 144 valence electrons. The van der Waals surface area contributed by atoms with Crippen LogP contribution in [-0.4, -0.2) is 40.3 Å². The molecule has 3 N–H and O–H groups in total. The molecule has 0 radical (unpaired) electrons. The first-order valence-corrected chi connectivity index (χ1v) is 9.32. The largest absolute Gasteiger partial charge is 0.361 e. The number of hydrogen-bond acceptors (Lipinski definition) is 3. The molecule has 6 nitrogen and oxygen atoms in total. The predicted molar refractivity (Wildman–Crippen MR) is 110 cm³/mol. The molecule has 1 saturated heterocycles. The molecule has 0 aliphatic carbocycles. The third-order valence-corrected chi connectivity index (χ3v) is 5.18. The van der Waals surface area contributed by atoms with Gasteiger partial charge in [-0.25, -0.2) is 0 Å². The molecular weight excluding hydrogens is 362 g/mol. The Morgan fingerprint density at radius 1 is 1.37 bits per heavy atom. The van der Waals surface area contributed by atoms with E-state index in [2.05, 4.69) is 45.8 Å². The van der Waals surface area contributed by atoms with Gasteiger partial charge in [0.1, 0.15) is 5.69 Å². The van der Waals surface area contributed by atoms with Crippen molar-refractivity contribution in [3.63, 3.8) is 0 Å². The van der Waals surface area contributed by atoms with Gasteiger partial charge in [-0.1, -0.05) is 18.2 Å². The fourth-order valence-electron chi connectivity index (χ4n) is 3.69. The molecule has 1 amide bonds. The average molecular weight is 388 g/mol. The summed E-state index contributed by atoms with van der Waals surface area (Å²) >= 11 is 0. The SMILES string of the molecule is Cc1cccc2c(CCNC(=O)c3ccn(C4CCCNC4)n3)c[nH]c12.Cl. The maximum atomic E-state index is 12.4. The van der Waals surface area contributed by atoms with E-state index in [1.165, 1.54) is 22.0 Å². The quantitative estimate of drug-likeness (QED) is 0.630. The van der Waals surface area contributed by atoms with Gasteiger partial charge in [0.25, 0.3) is 5.91 Å². The Hall–Kier alpha value is -2.31. The van der Waals surface area contributed by atoms with Crippen molar-refractivity contribution >= 4 is 29.2 Å². The molecule has 0 saturated carbocycles. The van der Waals surface area contributed by atoms with E-state index < -0.39 is 0 Å². The first kappa shape index (κ1) is 19.5. The highest BCUT2D eigenvalue weighted by Gasteiger charge is 2.17. The van der Waals surface area contributed by atoms with Crippen molar-refractivity contribution in [2.75, 3.05) is 19.6 Å². The highest BCUT2D eigenvalue weighted by Crippen LogP contribution is 2.21. The van der Waals surface area contributed by atoms with Gasteiger partial charge in [-0.15, -0.1) is 12.4 Å². The van der Waals surface area contributed by atoms with Crippen LogP contribution in [0.25, 0.3) is 10.9 Å². The minimum Gasteiger partial charge on any atom is -0.361 e. The summed E-state index contributed by atoms with van der Waals surface area (Å²) in [5.41, 5.74) is 4.13. The number of halogens is 1. The van der Waals surface area contributed by atoms with E-state index in [-0.39, 0.29) is 18.3 Å². The first-order valence-electron chi connectivity index (χ1n) is 9.32. The van der Waals surface area contributed by atoms with Gasteiger partial charge in [0, 0.05) is 36.4 Å². The number of amides is 1. The van der Waals surface area contributed by atoms with E-state index in [0.29, 0.717) is 18.3 Å². The lowest BCUT2D eigenvalue weighted by Gasteiger charge is -2.22. The first-order chi connectivity index (χ1) is 12.7. The Kier molecular flexibility index (Phi) is 6.19. The zero-order valence-corrected chi connectivity index (χ0v) is 16.3. The molecule has 7 heteroatoms. The van der Waals surface area contributed by atoms with Crippen molar-refractivity contribution in [3.8, 4) is 0 Å². The number of aromatic nitrogens is 3. The van der Waals surface area contributed by atoms with Crippen LogP contribution in [0.2, 0.25) is 0 Å². The molecule has 4 rings (SSSR count). The number of aromatic amines is 1. The molecule has 3 heterocycles. The minimum atomic E-state index is -0.108. The molecule has 1 aliphatic heterocycles. The third-order valence-electron chi connectivity index (χ3n) is 5.18. The van der Waals surface area contributed by atoms with Gasteiger partial charge in [0.05, 0.1) is 6.04 Å². The molecule has 0 bridgehead atoms. The number of rotatable bonds is 5. The average Bonchev–Trinajstić information content (AvgIpc) is 3.31. The molecule has 3 aromatic rings. The summed E-state index contributed by atoms with van der Waals surface area (Å²) in [6.07, 6.45) is 7.00. The number of nitrogens with one attached hydrogen (secondary N) is 3. The van der Waals surface area contributed by atoms with Crippen LogP contribution in [0.5, 0.6) is 0 Å². The number of carbonyl (C=O) groups is 1. The molecule has 27 heavy (non-hydrogen) atoms. The number of H-pyrrole nitrogens is 1. The van der Waals surface area contributed by atoms with Crippen molar-refractivity contribution in [2.45, 2.75) is 32.2 Å². The summed E-state index contributed by atoms with van der Waals surface area (Å²) in [4.78, 5) is 15.7. The second kappa shape index (κ2) is 8.59. The van der Waals surface area contributed by atoms with Crippen LogP contribution in [0, 0.1) is 6.92 Å². The smallest absolute Gasteiger partial charge is 0.271 e. The van der Waals surface area contributed by atoms with Gasteiger partial charge < -0.3 is 15.6 Å². The maximum Gasteiger partial charge on any atom is 0.271 e. The van der Waals surface area contributed by atoms with Crippen LogP contribution in [0.1, 0.15) is 40.5 Å². The Bertz CT molecular complexity index is 910. The van der Waals surface area contributed by atoms with Gasteiger partial charge in [-0.3, -0.25) is 9.48 Å². The predicted octanol–water partition coefficient (Wildman–Crippen LogP) is 2.99. The molecule has 1 aliphatic rings. The molecule has 2 aromatic heterocycles. The molecule has 1 unspecified atom stereocenters. The van der Waals surface area contributed by atoms with Gasteiger partial charge in [0.2, 0.25) is 0 Å². The third kappa shape index (κ3) is 4.17. The zero-order chi connectivity index (χ0) is 17.9. The van der Waals surface area contributed by atoms with E-state index in [1.807, 2.05) is 17.1 Å². The number of piperidine rings is 1. The van der Waals surface area contributed by atoms with Crippen LogP contribution in [0.3, 0.4) is 0 Å². The van der Waals surface area contributed by atoms with Gasteiger partial charge in [-0.2, -0.15) is 5.10 Å². The number of carbonyl (C=O) groups excluding carboxylic acids is 1. The lowest BCUT2D eigenvalue weighted by Crippen LogP contribution is -2.32. The lowest BCUT2D eigenvalue weighted by atomic mass is 10.1. The Balaban J connectivity index is 0.00000210. The van der Waals surface area contributed by atoms with E-state index in [9.17, 15) is 4.79 Å². The number of para-hydroxylation sites is 1. The normalized spacial score (nSPS) is 16.9. The number of hydrogen-bond donors (Lipinski definition) is 3. The van der Waals surface area contributed by atoms with Crippen LogP contribution in [-0.2, 0) is 6.42 Å². The molecule has 1 fully saturated rings. The maximum absolute atomic E-state index is 12.4. The molecule has 1 aromatic carbocycles. The molecule has 0 spiro atoms. The Labute approximate surface area is 165 Å². The van der Waals surface area contributed by atoms with Crippen LogP contribution in [0.4, 0.5) is 0 Å². The second-order valence-corrected chi connectivity index (χ2v) is 7.00. The Morgan fingerprint density at radius 3 is 3.07 bits per heavy atom. The highest BCUT2D eigenvalue weighted by molar-refractivity contribution is 5.92. The zero-order valence-electron chi connectivity index (χ0n) is 15.5. The van der Waals surface area contributed by atoms with Gasteiger partial charge in [0.15, 0.2) is 0 Å². The van der Waals surface area contributed by atoms with Crippen molar-refractivity contribution in [1.29, 1.82) is 0 Å². The standard InChI is InChI=1S/C20H25N5O.ClH/c1-14-4-2-6-17-15(12-23-19(14)17)7-10-22-20(26)18-8-11-25(24-18)16-5-3-9-21-13-16;/h2,4,6,8,11-12,16,21,23H,3,5,7,9-10,13H2,1H3,(H,22,26);1H. The monoisotopic (exact) mass is 387 g/mol. The molecular formula is C20H26ClN5O. The summed E-state index contributed by atoms with van der Waals surface area (Å²) in [5, 5.41) is 12.1. The van der Waals surface area contributed by atoms with Crippen LogP contribution >= 0.6 is 12.4 Å². The van der Waals surface area contributed by atoms with Crippen molar-refractivity contribution < 1.29 is 4.79 Å². The number of aryl methyl sites for hydroxylation is 1. The summed E-state index contributed by atoms with van der Waals surface area (Å²) in [6, 6.07) is 8.44. The summed E-state index contributed by atoms with van der Waals surface area (Å²) in [7, 11) is 0. The van der Waals surface area contributed by atoms with E-state index in [4.69, 9.17) is 0 Å². The topological polar surface area (TPSA) is 74.7 Å². The van der Waals surface area contributed by atoms with Crippen molar-refractivity contribution in [1.82, 2.24) is 25.4 Å². The molecule has 1 atom stereocenters. The number of benzene rings is 1. The highest BCUT2D eigenvalue weighted by atomic mass is 35.5.